The number of rotatable bonds is 84. The van der Waals surface area contributed by atoms with Crippen molar-refractivity contribution in [2.75, 3.05) is 39.6 Å². The second-order valence-corrected chi connectivity index (χ2v) is 33.6. The van der Waals surface area contributed by atoms with Crippen molar-refractivity contribution in [2.24, 2.45) is 5.92 Å². The molecule has 612 valence electrons. The number of hydrogen-bond acceptors (Lipinski definition) is 15. The fourth-order valence-corrected chi connectivity index (χ4v) is 14.7. The summed E-state index contributed by atoms with van der Waals surface area (Å²) >= 11 is 0. The van der Waals surface area contributed by atoms with Gasteiger partial charge < -0.3 is 33.8 Å². The van der Waals surface area contributed by atoms with Crippen LogP contribution >= 0.6 is 15.6 Å². The Balaban J connectivity index is 5.25. The zero-order valence-electron chi connectivity index (χ0n) is 67.5. The van der Waals surface area contributed by atoms with Crippen LogP contribution in [0.4, 0.5) is 0 Å². The molecule has 0 fully saturated rings. The van der Waals surface area contributed by atoms with E-state index in [-0.39, 0.29) is 25.7 Å². The van der Waals surface area contributed by atoms with E-state index >= 15 is 0 Å². The molecule has 0 saturated carbocycles. The summed E-state index contributed by atoms with van der Waals surface area (Å²) in [6.07, 6.45) is 69.3. The Labute approximate surface area is 632 Å². The molecule has 103 heavy (non-hydrogen) atoms. The molecule has 0 aliphatic heterocycles. The van der Waals surface area contributed by atoms with Gasteiger partial charge in [0.15, 0.2) is 12.2 Å². The van der Waals surface area contributed by atoms with E-state index < -0.39 is 97.5 Å². The molecule has 0 saturated heterocycles. The second-order valence-electron chi connectivity index (χ2n) is 30.7. The number of esters is 4. The molecule has 0 rings (SSSR count). The number of phosphoric ester groups is 2. The Morgan fingerprint density at radius 2 is 0.447 bits per heavy atom. The van der Waals surface area contributed by atoms with Crippen LogP contribution in [0, 0.1) is 5.92 Å². The Kier molecular flexibility index (Phi) is 75.4. The maximum absolute atomic E-state index is 13.1. The van der Waals surface area contributed by atoms with E-state index in [1.54, 1.807) is 0 Å². The molecule has 0 aliphatic rings. The SMILES string of the molecule is CCCCCCCCCCCCCCCCCCCCCCC(=O)O[C@H](COC(=O)CCCCCCCCCCCCCCCC(C)C)COP(=O)(O)OC[C@@H](O)COP(=O)(O)OC[C@@H](COC(=O)CCCCCCCCCCCCCCC)OC(=O)CCCCCCCCCCCCCCCC. The van der Waals surface area contributed by atoms with Crippen molar-refractivity contribution in [3.8, 4) is 0 Å². The minimum Gasteiger partial charge on any atom is -0.462 e. The molecule has 17 nitrogen and oxygen atoms in total. The molecule has 3 N–H and O–H groups in total. The Morgan fingerprint density at radius 3 is 0.660 bits per heavy atom. The molecule has 0 radical (unpaired) electrons. The van der Waals surface area contributed by atoms with E-state index in [0.29, 0.717) is 25.7 Å². The van der Waals surface area contributed by atoms with Crippen LogP contribution in [-0.2, 0) is 65.4 Å². The number of aliphatic hydroxyl groups is 1. The number of ether oxygens (including phenoxy) is 4. The molecule has 5 atom stereocenters. The summed E-state index contributed by atoms with van der Waals surface area (Å²) in [7, 11) is -9.92. The second kappa shape index (κ2) is 76.8. The number of hydrogen-bond donors (Lipinski definition) is 3. The van der Waals surface area contributed by atoms with E-state index in [2.05, 4.69) is 34.6 Å². The Morgan fingerprint density at radius 1 is 0.262 bits per heavy atom. The average molecular weight is 1510 g/mol. The van der Waals surface area contributed by atoms with Gasteiger partial charge in [-0.3, -0.25) is 37.3 Å². The number of aliphatic hydroxyl groups excluding tert-OH is 1. The maximum atomic E-state index is 13.1. The highest BCUT2D eigenvalue weighted by atomic mass is 31.2. The Hall–Kier alpha value is -1.94. The van der Waals surface area contributed by atoms with Crippen molar-refractivity contribution in [2.45, 2.75) is 470 Å². The van der Waals surface area contributed by atoms with Crippen LogP contribution in [0.5, 0.6) is 0 Å². The van der Waals surface area contributed by atoms with Crippen LogP contribution < -0.4 is 0 Å². The van der Waals surface area contributed by atoms with Gasteiger partial charge in [0, 0.05) is 25.7 Å². The van der Waals surface area contributed by atoms with E-state index in [0.717, 1.165) is 95.8 Å². The van der Waals surface area contributed by atoms with Gasteiger partial charge in [-0.15, -0.1) is 0 Å². The summed E-state index contributed by atoms with van der Waals surface area (Å²) in [6.45, 7) is 7.38. The lowest BCUT2D eigenvalue weighted by Gasteiger charge is -2.21. The number of carbonyl (C=O) groups excluding carboxylic acids is 4. The number of unbranched alkanes of at least 4 members (excludes halogenated alkanes) is 56. The van der Waals surface area contributed by atoms with E-state index in [1.165, 1.54) is 276 Å². The molecule has 0 aliphatic carbocycles. The third-order valence-electron chi connectivity index (χ3n) is 19.8. The quantitative estimate of drug-likeness (QED) is 0.0222. The molecular weight excluding hydrogens is 1340 g/mol. The lowest BCUT2D eigenvalue weighted by atomic mass is 10.0. The van der Waals surface area contributed by atoms with Crippen molar-refractivity contribution >= 4 is 39.5 Å². The lowest BCUT2D eigenvalue weighted by molar-refractivity contribution is -0.161. The van der Waals surface area contributed by atoms with Crippen molar-refractivity contribution in [3.63, 3.8) is 0 Å². The first-order valence-corrected chi connectivity index (χ1v) is 46.6. The first kappa shape index (κ1) is 101. The zero-order chi connectivity index (χ0) is 75.5. The predicted octanol–water partition coefficient (Wildman–Crippen LogP) is 25.6. The van der Waals surface area contributed by atoms with Crippen LogP contribution in [0.3, 0.4) is 0 Å². The van der Waals surface area contributed by atoms with Gasteiger partial charge in [-0.1, -0.05) is 401 Å². The summed E-state index contributed by atoms with van der Waals surface area (Å²) < 4.78 is 68.9. The summed E-state index contributed by atoms with van der Waals surface area (Å²) in [5.74, 6) is -1.31. The van der Waals surface area contributed by atoms with Crippen LogP contribution in [0.1, 0.15) is 452 Å². The monoisotopic (exact) mass is 1510 g/mol. The molecule has 0 amide bonds. The highest BCUT2D eigenvalue weighted by Crippen LogP contribution is 2.45. The van der Waals surface area contributed by atoms with Gasteiger partial charge in [0.25, 0.3) is 0 Å². The highest BCUT2D eigenvalue weighted by molar-refractivity contribution is 7.47. The minimum atomic E-state index is -4.96. The van der Waals surface area contributed by atoms with E-state index in [4.69, 9.17) is 37.0 Å². The fourth-order valence-electron chi connectivity index (χ4n) is 13.1. The smallest absolute Gasteiger partial charge is 0.462 e. The van der Waals surface area contributed by atoms with Crippen LogP contribution in [0.2, 0.25) is 0 Å². The minimum absolute atomic E-state index is 0.109. The topological polar surface area (TPSA) is 237 Å². The summed E-state index contributed by atoms with van der Waals surface area (Å²) in [6, 6.07) is 0. The highest BCUT2D eigenvalue weighted by Gasteiger charge is 2.30. The molecular formula is C84H164O17P2. The fraction of sp³-hybridized carbons (Fsp3) is 0.952. The predicted molar refractivity (Wildman–Crippen MR) is 423 cm³/mol. The zero-order valence-corrected chi connectivity index (χ0v) is 69.3. The van der Waals surface area contributed by atoms with E-state index in [1.807, 2.05) is 0 Å². The Bertz CT molecular complexity index is 1960. The van der Waals surface area contributed by atoms with Gasteiger partial charge in [-0.2, -0.15) is 0 Å². The first-order valence-electron chi connectivity index (χ1n) is 43.6. The van der Waals surface area contributed by atoms with E-state index in [9.17, 15) is 43.2 Å². The van der Waals surface area contributed by atoms with Crippen molar-refractivity contribution < 1.29 is 80.2 Å². The molecule has 0 aromatic rings. The van der Waals surface area contributed by atoms with Gasteiger partial charge in [0.1, 0.15) is 19.3 Å². The average Bonchev–Trinajstić information content (AvgIpc) is 0.909. The van der Waals surface area contributed by atoms with Gasteiger partial charge in [-0.05, 0) is 31.6 Å². The van der Waals surface area contributed by atoms with Gasteiger partial charge in [-0.25, -0.2) is 9.13 Å². The van der Waals surface area contributed by atoms with Crippen molar-refractivity contribution in [1.82, 2.24) is 0 Å². The van der Waals surface area contributed by atoms with Gasteiger partial charge in [0.2, 0.25) is 0 Å². The summed E-state index contributed by atoms with van der Waals surface area (Å²) in [5, 5.41) is 10.7. The molecule has 0 spiro atoms. The molecule has 0 bridgehead atoms. The molecule has 0 aromatic carbocycles. The number of phosphoric acid groups is 2. The standard InChI is InChI=1S/C84H164O17P2/c1-6-9-12-15-18-21-24-27-29-30-31-32-33-34-39-45-50-55-60-65-70-84(89)101-80(74-95-82(87)68-63-58-53-48-43-40-35-37-41-46-51-56-61-66-77(4)5)76-99-103(92,93)97-72-78(85)71-96-102(90,91)98-75-79(73-94-81(86)67-62-57-52-47-42-36-26-23-20-17-14-11-8-3)100-83(88)69-64-59-54-49-44-38-28-25-22-19-16-13-10-7-2/h77-80,85H,6-76H2,1-5H3,(H,90,91)(H,92,93)/t78-,79+,80+/m0/s1. The largest absolute Gasteiger partial charge is 0.472 e. The number of carbonyl (C=O) groups is 4. The molecule has 2 unspecified atom stereocenters. The van der Waals surface area contributed by atoms with Crippen LogP contribution in [0.15, 0.2) is 0 Å². The maximum Gasteiger partial charge on any atom is 0.472 e. The first-order chi connectivity index (χ1) is 50.0. The molecule has 19 heteroatoms. The molecule has 0 aromatic heterocycles. The molecule has 0 heterocycles. The van der Waals surface area contributed by atoms with Gasteiger partial charge in [0.05, 0.1) is 26.4 Å². The van der Waals surface area contributed by atoms with Gasteiger partial charge >= 0.3 is 39.5 Å². The summed E-state index contributed by atoms with van der Waals surface area (Å²) in [4.78, 5) is 73.2. The third kappa shape index (κ3) is 78.0. The van der Waals surface area contributed by atoms with Crippen LogP contribution in [-0.4, -0.2) is 96.7 Å². The normalized spacial score (nSPS) is 13.8. The summed E-state index contributed by atoms with van der Waals surface area (Å²) in [5.41, 5.74) is 0. The van der Waals surface area contributed by atoms with Crippen LogP contribution in [0.25, 0.3) is 0 Å². The van der Waals surface area contributed by atoms with Crippen molar-refractivity contribution in [3.05, 3.63) is 0 Å². The third-order valence-corrected chi connectivity index (χ3v) is 21.7. The van der Waals surface area contributed by atoms with Crippen molar-refractivity contribution in [1.29, 1.82) is 0 Å². The lowest BCUT2D eigenvalue weighted by Crippen LogP contribution is -2.30.